The molecule has 23 heavy (non-hydrogen) atoms. The van der Waals surface area contributed by atoms with Gasteiger partial charge in [-0.05, 0) is 24.3 Å². The average molecular weight is 334 g/mol. The van der Waals surface area contributed by atoms with E-state index in [4.69, 9.17) is 0 Å². The Morgan fingerprint density at radius 1 is 1.26 bits per heavy atom. The maximum Gasteiger partial charge on any atom is 0.337 e. The van der Waals surface area contributed by atoms with E-state index in [9.17, 15) is 9.59 Å². The number of benzene rings is 1. The van der Waals surface area contributed by atoms with Crippen LogP contribution in [0.3, 0.4) is 0 Å². The lowest BCUT2D eigenvalue weighted by molar-refractivity contribution is -0.113. The van der Waals surface area contributed by atoms with Gasteiger partial charge < -0.3 is 14.6 Å². The second-order valence-corrected chi connectivity index (χ2v) is 5.66. The summed E-state index contributed by atoms with van der Waals surface area (Å²) in [6, 6.07) is 6.52. The molecular weight excluding hydrogens is 316 g/mol. The molecular formula is C15H18N4O3S. The number of anilines is 1. The van der Waals surface area contributed by atoms with Crippen LogP contribution in [0.1, 0.15) is 23.1 Å². The standard InChI is InChI=1S/C15H18N4O3S/c1-4-12-17-18-15(19(12)2)23-9-13(20)16-11-7-5-10(6-8-11)14(21)22-3/h5-8H,4,9H2,1-3H3,(H,16,20). The molecule has 0 saturated heterocycles. The Bertz CT molecular complexity index is 697. The van der Waals surface area contributed by atoms with Crippen LogP contribution in [0.25, 0.3) is 0 Å². The van der Waals surface area contributed by atoms with Crippen molar-refractivity contribution in [3.8, 4) is 0 Å². The van der Waals surface area contributed by atoms with Gasteiger partial charge in [0.15, 0.2) is 5.16 Å². The summed E-state index contributed by atoms with van der Waals surface area (Å²) in [7, 11) is 3.20. The first kappa shape index (κ1) is 17.0. The molecule has 0 aliphatic carbocycles. The summed E-state index contributed by atoms with van der Waals surface area (Å²) >= 11 is 1.33. The van der Waals surface area contributed by atoms with Gasteiger partial charge in [-0.3, -0.25) is 4.79 Å². The molecule has 0 aliphatic rings. The van der Waals surface area contributed by atoms with Gasteiger partial charge in [-0.25, -0.2) is 4.79 Å². The van der Waals surface area contributed by atoms with Crippen LogP contribution in [0.4, 0.5) is 5.69 Å². The van der Waals surface area contributed by atoms with Crippen LogP contribution < -0.4 is 5.32 Å². The predicted octanol–water partition coefficient (Wildman–Crippen LogP) is 1.89. The number of amides is 1. The van der Waals surface area contributed by atoms with E-state index in [0.29, 0.717) is 16.4 Å². The minimum atomic E-state index is -0.410. The molecule has 0 radical (unpaired) electrons. The summed E-state index contributed by atoms with van der Waals surface area (Å²) in [5.41, 5.74) is 1.06. The van der Waals surface area contributed by atoms with E-state index in [1.54, 1.807) is 24.3 Å². The van der Waals surface area contributed by atoms with Crippen molar-refractivity contribution < 1.29 is 14.3 Å². The van der Waals surface area contributed by atoms with Crippen molar-refractivity contribution in [3.05, 3.63) is 35.7 Å². The molecule has 2 rings (SSSR count). The molecule has 0 unspecified atom stereocenters. The number of hydrogen-bond donors (Lipinski definition) is 1. The molecule has 1 N–H and O–H groups in total. The first-order chi connectivity index (χ1) is 11.0. The third kappa shape index (κ3) is 4.32. The fourth-order valence-corrected chi connectivity index (χ4v) is 2.64. The fourth-order valence-electron chi connectivity index (χ4n) is 1.91. The van der Waals surface area contributed by atoms with Gasteiger partial charge in [0.1, 0.15) is 5.82 Å². The van der Waals surface area contributed by atoms with Crippen molar-refractivity contribution in [1.82, 2.24) is 14.8 Å². The number of methoxy groups -OCH3 is 1. The van der Waals surface area contributed by atoms with E-state index in [0.717, 1.165) is 12.2 Å². The van der Waals surface area contributed by atoms with Gasteiger partial charge in [0.2, 0.25) is 5.91 Å². The van der Waals surface area contributed by atoms with E-state index in [2.05, 4.69) is 20.3 Å². The first-order valence-corrected chi connectivity index (χ1v) is 8.03. The lowest BCUT2D eigenvalue weighted by Crippen LogP contribution is -2.14. The van der Waals surface area contributed by atoms with E-state index in [1.165, 1.54) is 18.9 Å². The third-order valence-corrected chi connectivity index (χ3v) is 4.18. The summed E-state index contributed by atoms with van der Waals surface area (Å²) in [6.45, 7) is 2.00. The molecule has 1 aromatic heterocycles. The number of nitrogens with one attached hydrogen (secondary N) is 1. The summed E-state index contributed by atoms with van der Waals surface area (Å²) < 4.78 is 6.50. The molecule has 2 aromatic rings. The summed E-state index contributed by atoms with van der Waals surface area (Å²) in [5, 5.41) is 11.6. The molecule has 1 amide bonds. The number of hydrogen-bond acceptors (Lipinski definition) is 6. The van der Waals surface area contributed by atoms with Crippen LogP contribution in [0.5, 0.6) is 0 Å². The largest absolute Gasteiger partial charge is 0.465 e. The molecule has 122 valence electrons. The maximum atomic E-state index is 12.0. The number of aromatic nitrogens is 3. The van der Waals surface area contributed by atoms with Gasteiger partial charge in [-0.2, -0.15) is 0 Å². The van der Waals surface area contributed by atoms with E-state index < -0.39 is 5.97 Å². The number of carbonyl (C=O) groups is 2. The highest BCUT2D eigenvalue weighted by Crippen LogP contribution is 2.17. The molecule has 0 saturated carbocycles. The topological polar surface area (TPSA) is 86.1 Å². The van der Waals surface area contributed by atoms with Crippen LogP contribution in [0.15, 0.2) is 29.4 Å². The Labute approximate surface area is 138 Å². The second-order valence-electron chi connectivity index (χ2n) is 4.72. The van der Waals surface area contributed by atoms with Crippen molar-refractivity contribution in [2.24, 2.45) is 7.05 Å². The van der Waals surface area contributed by atoms with Crippen molar-refractivity contribution >= 4 is 29.3 Å². The highest BCUT2D eigenvalue weighted by molar-refractivity contribution is 7.99. The number of ether oxygens (including phenoxy) is 1. The minimum Gasteiger partial charge on any atom is -0.465 e. The van der Waals surface area contributed by atoms with Crippen LogP contribution in [-0.4, -0.2) is 39.5 Å². The van der Waals surface area contributed by atoms with Crippen molar-refractivity contribution in [2.45, 2.75) is 18.5 Å². The summed E-state index contributed by atoms with van der Waals surface area (Å²) in [4.78, 5) is 23.3. The zero-order valence-corrected chi connectivity index (χ0v) is 14.0. The van der Waals surface area contributed by atoms with Gasteiger partial charge in [0.05, 0.1) is 18.4 Å². The van der Waals surface area contributed by atoms with Gasteiger partial charge in [-0.1, -0.05) is 18.7 Å². The Morgan fingerprint density at radius 3 is 2.52 bits per heavy atom. The Hall–Kier alpha value is -2.35. The SMILES string of the molecule is CCc1nnc(SCC(=O)Nc2ccc(C(=O)OC)cc2)n1C. The number of esters is 1. The summed E-state index contributed by atoms with van der Waals surface area (Å²) in [5.74, 6) is 0.551. The summed E-state index contributed by atoms with van der Waals surface area (Å²) in [6.07, 6.45) is 0.794. The van der Waals surface area contributed by atoms with E-state index in [1.807, 2.05) is 18.5 Å². The molecule has 0 bridgehead atoms. The molecule has 0 spiro atoms. The highest BCUT2D eigenvalue weighted by atomic mass is 32.2. The lowest BCUT2D eigenvalue weighted by Gasteiger charge is -2.06. The molecule has 7 nitrogen and oxygen atoms in total. The Morgan fingerprint density at radius 2 is 1.96 bits per heavy atom. The van der Waals surface area contributed by atoms with E-state index in [-0.39, 0.29) is 11.7 Å². The molecule has 8 heteroatoms. The molecule has 0 fully saturated rings. The Balaban J connectivity index is 1.89. The van der Waals surface area contributed by atoms with Crippen LogP contribution in [0, 0.1) is 0 Å². The van der Waals surface area contributed by atoms with Crippen molar-refractivity contribution in [1.29, 1.82) is 0 Å². The number of nitrogens with zero attached hydrogens (tertiary/aromatic N) is 3. The lowest BCUT2D eigenvalue weighted by atomic mass is 10.2. The number of aryl methyl sites for hydroxylation is 1. The van der Waals surface area contributed by atoms with Crippen molar-refractivity contribution in [2.75, 3.05) is 18.2 Å². The fraction of sp³-hybridized carbons (Fsp3) is 0.333. The van der Waals surface area contributed by atoms with Crippen LogP contribution >= 0.6 is 11.8 Å². The van der Waals surface area contributed by atoms with Crippen LogP contribution in [0.2, 0.25) is 0 Å². The van der Waals surface area contributed by atoms with Gasteiger partial charge in [0, 0.05) is 19.2 Å². The number of rotatable bonds is 6. The predicted molar refractivity (Wildman–Crippen MR) is 87.5 cm³/mol. The zero-order valence-electron chi connectivity index (χ0n) is 13.2. The third-order valence-electron chi connectivity index (χ3n) is 3.16. The van der Waals surface area contributed by atoms with Crippen molar-refractivity contribution in [3.63, 3.8) is 0 Å². The first-order valence-electron chi connectivity index (χ1n) is 7.04. The maximum absolute atomic E-state index is 12.0. The highest BCUT2D eigenvalue weighted by Gasteiger charge is 2.11. The van der Waals surface area contributed by atoms with Gasteiger partial charge in [0.25, 0.3) is 0 Å². The van der Waals surface area contributed by atoms with Gasteiger partial charge >= 0.3 is 5.97 Å². The minimum absolute atomic E-state index is 0.151. The monoisotopic (exact) mass is 334 g/mol. The smallest absolute Gasteiger partial charge is 0.337 e. The quantitative estimate of drug-likeness (QED) is 0.641. The number of thioether (sulfide) groups is 1. The second kappa shape index (κ2) is 7.77. The molecule has 1 aromatic carbocycles. The normalized spacial score (nSPS) is 10.4. The molecule has 0 atom stereocenters. The Kier molecular flexibility index (Phi) is 5.75. The average Bonchev–Trinajstić information content (AvgIpc) is 2.93. The number of carbonyl (C=O) groups excluding carboxylic acids is 2. The zero-order chi connectivity index (χ0) is 16.8. The molecule has 0 aliphatic heterocycles. The van der Waals surface area contributed by atoms with Gasteiger partial charge in [-0.15, -0.1) is 10.2 Å². The van der Waals surface area contributed by atoms with E-state index >= 15 is 0 Å². The molecule has 1 heterocycles. The van der Waals surface area contributed by atoms with Crippen LogP contribution in [-0.2, 0) is 23.0 Å².